The third-order valence-corrected chi connectivity index (χ3v) is 1.70. The third-order valence-electron chi connectivity index (χ3n) is 0.565. The van der Waals surface area contributed by atoms with Gasteiger partial charge in [-0.1, -0.05) is 11.2 Å². The van der Waals surface area contributed by atoms with Gasteiger partial charge < -0.3 is 4.55 Å². The first-order valence-corrected chi connectivity index (χ1v) is 4.39. The molecule has 0 aliphatic heterocycles. The first kappa shape index (κ1) is 7.60. The van der Waals surface area contributed by atoms with Crippen LogP contribution in [-0.4, -0.2) is 22.4 Å². The molecule has 0 heterocycles. The number of hydrogen-bond donors (Lipinski definition) is 0. The summed E-state index contributed by atoms with van der Waals surface area (Å²) in [6, 6.07) is 0. The maximum atomic E-state index is 10.3. The molecule has 0 N–H and O–H groups in total. The van der Waals surface area contributed by atoms with Crippen LogP contribution in [0.5, 0.6) is 0 Å². The molecule has 0 saturated heterocycles. The molecule has 0 aliphatic rings. The average Bonchev–Trinajstić information content (AvgIpc) is 1.61. The fourth-order valence-corrected chi connectivity index (χ4v) is 1.10. The molecule has 3 heteroatoms. The van der Waals surface area contributed by atoms with Crippen molar-refractivity contribution >= 4 is 22.8 Å². The zero-order valence-corrected chi connectivity index (χ0v) is 5.89. The van der Waals surface area contributed by atoms with Crippen LogP contribution < -0.4 is 0 Å². The van der Waals surface area contributed by atoms with Crippen LogP contribution in [0.2, 0.25) is 0 Å². The molecule has 0 spiro atoms. The summed E-state index contributed by atoms with van der Waals surface area (Å²) in [5.41, 5.74) is 0. The molecule has 0 amide bonds. The van der Waals surface area contributed by atoms with Crippen molar-refractivity contribution in [2.75, 3.05) is 17.9 Å². The Balaban J connectivity index is 2.68. The van der Waals surface area contributed by atoms with Crippen LogP contribution in [0.15, 0.2) is 0 Å². The van der Waals surface area contributed by atoms with Crippen molar-refractivity contribution in [2.45, 2.75) is 6.42 Å². The van der Waals surface area contributed by atoms with Crippen molar-refractivity contribution in [2.24, 2.45) is 0 Å². The van der Waals surface area contributed by atoms with Gasteiger partial charge in [-0.05, 0) is 0 Å². The van der Waals surface area contributed by atoms with Gasteiger partial charge in [-0.3, -0.25) is 0 Å². The molecule has 0 rings (SSSR count). The lowest BCUT2D eigenvalue weighted by Crippen LogP contribution is -2.02. The molecule has 1 unspecified atom stereocenters. The second kappa shape index (κ2) is 4.75. The average molecular weight is 141 g/mol. The van der Waals surface area contributed by atoms with Crippen LogP contribution in [0.3, 0.4) is 0 Å². The summed E-state index contributed by atoms with van der Waals surface area (Å²) in [7, 11) is 0. The Labute approximate surface area is 52.2 Å². The monoisotopic (exact) mass is 140 g/mol. The normalized spacial score (nSPS) is 14.1. The Morgan fingerprint density at radius 1 is 1.71 bits per heavy atom. The highest BCUT2D eigenvalue weighted by atomic mass is 35.5. The minimum absolute atomic E-state index is 0.625. The lowest BCUT2D eigenvalue weighted by atomic mass is 10.6. The number of alkyl halides is 1. The SMILES string of the molecule is C[S+]([O-])CCCCl. The van der Waals surface area contributed by atoms with Gasteiger partial charge in [0.05, 0.1) is 6.26 Å². The standard InChI is InChI=1S/C4H9ClOS/c1-7(6)4-2-3-5/h2-4H2,1H3. The molecule has 0 bridgehead atoms. The predicted molar refractivity (Wildman–Crippen MR) is 34.3 cm³/mol. The van der Waals surface area contributed by atoms with Crippen molar-refractivity contribution < 1.29 is 4.55 Å². The quantitative estimate of drug-likeness (QED) is 0.424. The molecule has 0 aromatic carbocycles. The summed E-state index contributed by atoms with van der Waals surface area (Å²) in [6.45, 7) is 0. The van der Waals surface area contributed by atoms with Gasteiger partial charge in [0.2, 0.25) is 0 Å². The van der Waals surface area contributed by atoms with Gasteiger partial charge in [0.1, 0.15) is 5.75 Å². The topological polar surface area (TPSA) is 23.1 Å². The summed E-state index contributed by atoms with van der Waals surface area (Å²) >= 11 is 4.66. The van der Waals surface area contributed by atoms with E-state index in [1.54, 1.807) is 6.26 Å². The van der Waals surface area contributed by atoms with Crippen LogP contribution in [0.1, 0.15) is 6.42 Å². The van der Waals surface area contributed by atoms with E-state index in [0.717, 1.165) is 12.2 Å². The third kappa shape index (κ3) is 6.60. The molecule has 0 aliphatic carbocycles. The summed E-state index contributed by atoms with van der Waals surface area (Å²) < 4.78 is 10.3. The highest BCUT2D eigenvalue weighted by molar-refractivity contribution is 7.90. The molecule has 0 radical (unpaired) electrons. The van der Waals surface area contributed by atoms with Crippen LogP contribution >= 0.6 is 11.6 Å². The van der Waals surface area contributed by atoms with Gasteiger partial charge >= 0.3 is 0 Å². The van der Waals surface area contributed by atoms with Crippen molar-refractivity contribution in [3.05, 3.63) is 0 Å². The van der Waals surface area contributed by atoms with E-state index in [4.69, 9.17) is 11.6 Å². The smallest absolute Gasteiger partial charge is 0.106 e. The van der Waals surface area contributed by atoms with Gasteiger partial charge in [0.15, 0.2) is 0 Å². The summed E-state index contributed by atoms with van der Waals surface area (Å²) in [4.78, 5) is 0. The zero-order valence-electron chi connectivity index (χ0n) is 4.32. The van der Waals surface area contributed by atoms with Crippen molar-refractivity contribution in [1.82, 2.24) is 0 Å². The van der Waals surface area contributed by atoms with Gasteiger partial charge in [-0.2, -0.15) is 0 Å². The largest absolute Gasteiger partial charge is 0.617 e. The first-order chi connectivity index (χ1) is 3.27. The van der Waals surface area contributed by atoms with Gasteiger partial charge in [0, 0.05) is 12.3 Å². The maximum absolute atomic E-state index is 10.3. The summed E-state index contributed by atoms with van der Waals surface area (Å²) in [5.74, 6) is 1.36. The molecular weight excluding hydrogens is 132 g/mol. The van der Waals surface area contributed by atoms with Gasteiger partial charge in [-0.15, -0.1) is 11.6 Å². The molecule has 0 fully saturated rings. The van der Waals surface area contributed by atoms with Crippen LogP contribution in [0.4, 0.5) is 0 Å². The van der Waals surface area contributed by atoms with E-state index in [2.05, 4.69) is 0 Å². The highest BCUT2D eigenvalue weighted by Crippen LogP contribution is 1.89. The molecule has 0 saturated carbocycles. The second-order valence-corrected chi connectivity index (χ2v) is 3.25. The van der Waals surface area contributed by atoms with Crippen molar-refractivity contribution in [3.8, 4) is 0 Å². The number of hydrogen-bond acceptors (Lipinski definition) is 1. The van der Waals surface area contributed by atoms with Gasteiger partial charge in [-0.25, -0.2) is 0 Å². The Bertz CT molecular complexity index is 40.7. The Kier molecular flexibility index (Phi) is 5.16. The lowest BCUT2D eigenvalue weighted by Gasteiger charge is -2.00. The number of rotatable bonds is 3. The van der Waals surface area contributed by atoms with E-state index in [1.807, 2.05) is 0 Å². The predicted octanol–water partition coefficient (Wildman–Crippen LogP) is 0.994. The van der Waals surface area contributed by atoms with E-state index < -0.39 is 11.2 Å². The van der Waals surface area contributed by atoms with E-state index in [9.17, 15) is 4.55 Å². The zero-order chi connectivity index (χ0) is 5.70. The van der Waals surface area contributed by atoms with Crippen LogP contribution in [0, 0.1) is 0 Å². The van der Waals surface area contributed by atoms with Gasteiger partial charge in [0.25, 0.3) is 0 Å². The Morgan fingerprint density at radius 2 is 2.29 bits per heavy atom. The van der Waals surface area contributed by atoms with Crippen molar-refractivity contribution in [1.29, 1.82) is 0 Å². The van der Waals surface area contributed by atoms with E-state index >= 15 is 0 Å². The molecule has 1 nitrogen and oxygen atoms in total. The van der Waals surface area contributed by atoms with Crippen LogP contribution in [0.25, 0.3) is 0 Å². The minimum Gasteiger partial charge on any atom is -0.617 e. The fraction of sp³-hybridized carbons (Fsp3) is 1.00. The Morgan fingerprint density at radius 3 is 2.43 bits per heavy atom. The molecular formula is C4H9ClOS. The summed E-state index contributed by atoms with van der Waals surface area (Å²) in [5, 5.41) is 0. The van der Waals surface area contributed by atoms with E-state index in [-0.39, 0.29) is 0 Å². The Hall–Kier alpha value is 0.600. The molecule has 7 heavy (non-hydrogen) atoms. The van der Waals surface area contributed by atoms with E-state index in [1.165, 1.54) is 0 Å². The second-order valence-electron chi connectivity index (χ2n) is 1.32. The van der Waals surface area contributed by atoms with Crippen LogP contribution in [-0.2, 0) is 11.2 Å². The lowest BCUT2D eigenvalue weighted by molar-refractivity contribution is 0.599. The first-order valence-electron chi connectivity index (χ1n) is 2.13. The van der Waals surface area contributed by atoms with E-state index in [0.29, 0.717) is 5.88 Å². The van der Waals surface area contributed by atoms with Crippen molar-refractivity contribution in [3.63, 3.8) is 0 Å². The fourth-order valence-electron chi connectivity index (χ4n) is 0.258. The molecule has 1 atom stereocenters. The molecule has 0 aromatic rings. The molecule has 44 valence electrons. The summed E-state index contributed by atoms with van der Waals surface area (Å²) in [6.07, 6.45) is 2.55. The molecule has 0 aromatic heterocycles. The maximum Gasteiger partial charge on any atom is 0.106 e. The minimum atomic E-state index is -0.650. The highest BCUT2D eigenvalue weighted by Gasteiger charge is 1.92. The number of halogens is 1.